The van der Waals surface area contributed by atoms with E-state index in [9.17, 15) is 4.79 Å². The predicted molar refractivity (Wildman–Crippen MR) is 67.1 cm³/mol. The number of aryl methyl sites for hydroxylation is 1. The smallest absolute Gasteiger partial charge is 0.253 e. The predicted octanol–water partition coefficient (Wildman–Crippen LogP) is 2.58. The fourth-order valence-electron chi connectivity index (χ4n) is 1.38. The highest BCUT2D eigenvalue weighted by Crippen LogP contribution is 2.26. The van der Waals surface area contributed by atoms with Gasteiger partial charge in [-0.15, -0.1) is 10.2 Å². The van der Waals surface area contributed by atoms with E-state index in [1.807, 2.05) is 13.8 Å². The minimum absolute atomic E-state index is 0.0216. The van der Waals surface area contributed by atoms with Crippen LogP contribution in [0, 0.1) is 6.92 Å². The molecule has 0 radical (unpaired) electrons. The Balaban J connectivity index is 2.40. The molecule has 2 aromatic heterocycles. The van der Waals surface area contributed by atoms with Crippen molar-refractivity contribution < 1.29 is 4.42 Å². The van der Waals surface area contributed by atoms with Crippen molar-refractivity contribution in [2.45, 2.75) is 25.1 Å². The van der Waals surface area contributed by atoms with Crippen molar-refractivity contribution in [1.29, 1.82) is 0 Å². The average molecular weight is 298 g/mol. The van der Waals surface area contributed by atoms with Crippen LogP contribution in [-0.2, 0) is 0 Å². The molecule has 2 heterocycles. The third-order valence-electron chi connectivity index (χ3n) is 2.35. The maximum Gasteiger partial charge on any atom is 0.253 e. The van der Waals surface area contributed by atoms with Gasteiger partial charge in [-0.05, 0) is 13.3 Å². The Kier molecular flexibility index (Phi) is 3.42. The molecule has 0 spiro atoms. The molecule has 0 aliphatic rings. The first kappa shape index (κ1) is 12.0. The number of rotatable bonds is 3. The lowest BCUT2D eigenvalue weighted by atomic mass is 10.2. The molecule has 0 aliphatic carbocycles. The number of H-pyrrole nitrogens is 1. The van der Waals surface area contributed by atoms with Crippen molar-refractivity contribution in [1.82, 2.24) is 15.2 Å². The van der Waals surface area contributed by atoms with E-state index in [-0.39, 0.29) is 16.1 Å². The zero-order valence-electron chi connectivity index (χ0n) is 9.53. The summed E-state index contributed by atoms with van der Waals surface area (Å²) in [6, 6.07) is 1.50. The highest BCUT2D eigenvalue weighted by molar-refractivity contribution is 9.09. The summed E-state index contributed by atoms with van der Waals surface area (Å²) >= 11 is 3.42. The molecule has 90 valence electrons. The van der Waals surface area contributed by atoms with Gasteiger partial charge in [0.05, 0.1) is 4.83 Å². The zero-order valence-corrected chi connectivity index (χ0v) is 11.1. The Morgan fingerprint density at radius 3 is 2.94 bits per heavy atom. The number of pyridine rings is 1. The van der Waals surface area contributed by atoms with E-state index in [2.05, 4.69) is 31.1 Å². The van der Waals surface area contributed by atoms with Gasteiger partial charge in [0.1, 0.15) is 5.56 Å². The highest BCUT2D eigenvalue weighted by Gasteiger charge is 2.16. The minimum Gasteiger partial charge on any atom is -0.419 e. The van der Waals surface area contributed by atoms with Crippen LogP contribution in [0.2, 0.25) is 0 Å². The summed E-state index contributed by atoms with van der Waals surface area (Å²) in [5.74, 6) is 0.738. The quantitative estimate of drug-likeness (QED) is 0.884. The lowest BCUT2D eigenvalue weighted by Crippen LogP contribution is -2.05. The van der Waals surface area contributed by atoms with Crippen molar-refractivity contribution in [3.05, 3.63) is 34.1 Å². The molecule has 2 aromatic rings. The van der Waals surface area contributed by atoms with Gasteiger partial charge in [0.15, 0.2) is 5.43 Å². The highest BCUT2D eigenvalue weighted by atomic mass is 79.9. The number of alkyl halides is 1. The molecule has 2 rings (SSSR count). The molecule has 0 saturated heterocycles. The van der Waals surface area contributed by atoms with Crippen molar-refractivity contribution in [3.8, 4) is 11.5 Å². The summed E-state index contributed by atoms with van der Waals surface area (Å²) in [5, 5.41) is 7.79. The standard InChI is InChI=1S/C11H12BrN3O2/c1-3-8(12)11-15-14-10(17-11)7-5-13-6(2)4-9(7)16/h4-5,8H,3H2,1-2H3,(H,13,16). The molecule has 0 saturated carbocycles. The maximum atomic E-state index is 11.7. The van der Waals surface area contributed by atoms with Crippen LogP contribution in [0.15, 0.2) is 21.5 Å². The van der Waals surface area contributed by atoms with Crippen molar-refractivity contribution in [3.63, 3.8) is 0 Å². The molecule has 1 N–H and O–H groups in total. The van der Waals surface area contributed by atoms with Gasteiger partial charge >= 0.3 is 0 Å². The molecule has 0 aromatic carbocycles. The zero-order chi connectivity index (χ0) is 12.4. The number of nitrogens with one attached hydrogen (secondary N) is 1. The Labute approximate surface area is 106 Å². The third-order valence-corrected chi connectivity index (χ3v) is 3.39. The van der Waals surface area contributed by atoms with E-state index in [0.29, 0.717) is 11.5 Å². The Bertz CT molecular complexity index is 576. The second-order valence-corrected chi connectivity index (χ2v) is 4.82. The number of hydrogen-bond donors (Lipinski definition) is 1. The van der Waals surface area contributed by atoms with Crippen LogP contribution in [0.3, 0.4) is 0 Å². The van der Waals surface area contributed by atoms with Gasteiger partial charge in [0.25, 0.3) is 5.89 Å². The van der Waals surface area contributed by atoms with E-state index >= 15 is 0 Å². The first-order valence-corrected chi connectivity index (χ1v) is 6.20. The van der Waals surface area contributed by atoms with Crippen LogP contribution in [0.5, 0.6) is 0 Å². The fraction of sp³-hybridized carbons (Fsp3) is 0.364. The topological polar surface area (TPSA) is 71.8 Å². The number of hydrogen-bond acceptors (Lipinski definition) is 4. The molecule has 6 heteroatoms. The van der Waals surface area contributed by atoms with Gasteiger partial charge in [-0.3, -0.25) is 4.79 Å². The van der Waals surface area contributed by atoms with E-state index in [4.69, 9.17) is 4.42 Å². The van der Waals surface area contributed by atoms with Crippen LogP contribution in [0.1, 0.15) is 29.8 Å². The largest absolute Gasteiger partial charge is 0.419 e. The Morgan fingerprint density at radius 2 is 2.29 bits per heavy atom. The van der Waals surface area contributed by atoms with Gasteiger partial charge < -0.3 is 9.40 Å². The van der Waals surface area contributed by atoms with E-state index in [1.165, 1.54) is 6.07 Å². The van der Waals surface area contributed by atoms with E-state index in [0.717, 1.165) is 12.1 Å². The molecule has 1 unspecified atom stereocenters. The summed E-state index contributed by atoms with van der Waals surface area (Å²) in [6.45, 7) is 3.82. The van der Waals surface area contributed by atoms with Crippen LogP contribution in [0.4, 0.5) is 0 Å². The molecular weight excluding hydrogens is 286 g/mol. The normalized spacial score (nSPS) is 12.6. The molecule has 17 heavy (non-hydrogen) atoms. The van der Waals surface area contributed by atoms with E-state index < -0.39 is 0 Å². The molecule has 1 atom stereocenters. The maximum absolute atomic E-state index is 11.7. The van der Waals surface area contributed by atoms with Crippen LogP contribution < -0.4 is 5.43 Å². The molecular formula is C11H12BrN3O2. The van der Waals surface area contributed by atoms with Gasteiger partial charge in [0, 0.05) is 18.0 Å². The lowest BCUT2D eigenvalue weighted by molar-refractivity contribution is 0.500. The number of aromatic nitrogens is 3. The van der Waals surface area contributed by atoms with Crippen LogP contribution in [-0.4, -0.2) is 15.2 Å². The molecule has 0 bridgehead atoms. The summed E-state index contributed by atoms with van der Waals surface area (Å²) in [7, 11) is 0. The number of nitrogens with zero attached hydrogens (tertiary/aromatic N) is 2. The summed E-state index contributed by atoms with van der Waals surface area (Å²) < 4.78 is 5.45. The summed E-state index contributed by atoms with van der Waals surface area (Å²) in [6.07, 6.45) is 2.43. The van der Waals surface area contributed by atoms with Crippen molar-refractivity contribution >= 4 is 15.9 Å². The molecule has 0 aliphatic heterocycles. The van der Waals surface area contributed by atoms with Crippen molar-refractivity contribution in [2.24, 2.45) is 0 Å². The average Bonchev–Trinajstić information content (AvgIpc) is 2.77. The van der Waals surface area contributed by atoms with Crippen molar-refractivity contribution in [2.75, 3.05) is 0 Å². The van der Waals surface area contributed by atoms with Gasteiger partial charge in [0.2, 0.25) is 5.89 Å². The Hall–Kier alpha value is -1.43. The SMILES string of the molecule is CCC(Br)c1nnc(-c2c[nH]c(C)cc2=O)o1. The summed E-state index contributed by atoms with van der Waals surface area (Å²) in [4.78, 5) is 14.7. The first-order chi connectivity index (χ1) is 8.11. The van der Waals surface area contributed by atoms with Crippen LogP contribution >= 0.6 is 15.9 Å². The first-order valence-electron chi connectivity index (χ1n) is 5.29. The van der Waals surface area contributed by atoms with Gasteiger partial charge in [-0.1, -0.05) is 22.9 Å². The van der Waals surface area contributed by atoms with Gasteiger partial charge in [-0.2, -0.15) is 0 Å². The second kappa shape index (κ2) is 4.83. The number of halogens is 1. The van der Waals surface area contributed by atoms with Gasteiger partial charge in [-0.25, -0.2) is 0 Å². The lowest BCUT2D eigenvalue weighted by Gasteiger charge is -1.98. The molecule has 5 nitrogen and oxygen atoms in total. The summed E-state index contributed by atoms with van der Waals surface area (Å²) in [5.41, 5.74) is 1.06. The minimum atomic E-state index is -0.126. The monoisotopic (exact) mass is 297 g/mol. The molecule has 0 fully saturated rings. The van der Waals surface area contributed by atoms with Crippen LogP contribution in [0.25, 0.3) is 11.5 Å². The third kappa shape index (κ3) is 2.46. The Morgan fingerprint density at radius 1 is 1.53 bits per heavy atom. The second-order valence-electron chi connectivity index (χ2n) is 3.72. The fourth-order valence-corrected chi connectivity index (χ4v) is 1.57. The number of aromatic amines is 1. The molecule has 0 amide bonds. The van der Waals surface area contributed by atoms with E-state index in [1.54, 1.807) is 6.20 Å².